The molecule has 0 bridgehead atoms. The molecule has 0 spiro atoms. The number of carbonyl (C=O) groups excluding carboxylic acids is 2. The van der Waals surface area contributed by atoms with Gasteiger partial charge in [0.05, 0.1) is 18.2 Å². The highest BCUT2D eigenvalue weighted by Gasteiger charge is 2.22. The first kappa shape index (κ1) is 24.6. The van der Waals surface area contributed by atoms with Crippen LogP contribution in [0.2, 0.25) is 0 Å². The molecule has 0 saturated carbocycles. The zero-order valence-corrected chi connectivity index (χ0v) is 21.4. The number of methoxy groups -OCH3 is 1. The summed E-state index contributed by atoms with van der Waals surface area (Å²) < 4.78 is 11.4. The summed E-state index contributed by atoms with van der Waals surface area (Å²) >= 11 is 3.45. The lowest BCUT2D eigenvalue weighted by atomic mass is 10.1. The van der Waals surface area contributed by atoms with Crippen LogP contribution in [0.4, 0.5) is 11.4 Å². The minimum absolute atomic E-state index is 0.0336. The van der Waals surface area contributed by atoms with Gasteiger partial charge in [0.25, 0.3) is 11.8 Å². The van der Waals surface area contributed by atoms with Crippen LogP contribution in [0.25, 0.3) is 0 Å². The number of benzene rings is 3. The Labute approximate surface area is 213 Å². The van der Waals surface area contributed by atoms with Gasteiger partial charge < -0.3 is 24.6 Å². The number of anilines is 2. The predicted octanol–water partition coefficient (Wildman–Crippen LogP) is 5.07. The average molecular weight is 538 g/mol. The van der Waals surface area contributed by atoms with Crippen LogP contribution in [-0.2, 0) is 0 Å². The minimum Gasteiger partial charge on any atom is -0.497 e. The van der Waals surface area contributed by atoms with Crippen LogP contribution in [0.15, 0.2) is 71.2 Å². The molecule has 0 atom stereocenters. The Morgan fingerprint density at radius 2 is 1.57 bits per heavy atom. The van der Waals surface area contributed by atoms with Crippen molar-refractivity contribution in [2.45, 2.75) is 6.92 Å². The first-order valence-corrected chi connectivity index (χ1v) is 12.3. The standard InChI is InChI=1S/C27H28BrN3O4/c1-3-35-25-13-6-20(18-24(25)28)26(32)29-21-7-9-22(10-8-21)30-14-16-31(17-15-30)27(33)19-4-11-23(34-2)12-5-19/h4-13,18H,3,14-17H2,1-2H3,(H,29,32). The summed E-state index contributed by atoms with van der Waals surface area (Å²) in [6, 6.07) is 20.3. The molecule has 0 aliphatic carbocycles. The van der Waals surface area contributed by atoms with Gasteiger partial charge in [-0.25, -0.2) is 0 Å². The fraction of sp³-hybridized carbons (Fsp3) is 0.259. The second kappa shape index (κ2) is 11.3. The van der Waals surface area contributed by atoms with E-state index in [0.29, 0.717) is 36.6 Å². The van der Waals surface area contributed by atoms with Gasteiger partial charge in [0.1, 0.15) is 11.5 Å². The second-order valence-electron chi connectivity index (χ2n) is 8.09. The van der Waals surface area contributed by atoms with Crippen LogP contribution in [0, 0.1) is 0 Å². The fourth-order valence-corrected chi connectivity index (χ4v) is 4.45. The van der Waals surface area contributed by atoms with Crippen LogP contribution in [-0.4, -0.2) is 56.6 Å². The third-order valence-corrected chi connectivity index (χ3v) is 6.51. The number of hydrogen-bond acceptors (Lipinski definition) is 5. The number of rotatable bonds is 7. The zero-order valence-electron chi connectivity index (χ0n) is 19.8. The molecular weight excluding hydrogens is 510 g/mol. The van der Waals surface area contributed by atoms with Gasteiger partial charge in [-0.05, 0) is 89.6 Å². The summed E-state index contributed by atoms with van der Waals surface area (Å²) in [4.78, 5) is 29.6. The summed E-state index contributed by atoms with van der Waals surface area (Å²) in [5.41, 5.74) is 2.99. The highest BCUT2D eigenvalue weighted by molar-refractivity contribution is 9.10. The van der Waals surface area contributed by atoms with Crippen LogP contribution in [0.1, 0.15) is 27.6 Å². The molecule has 1 aliphatic rings. The van der Waals surface area contributed by atoms with E-state index in [1.54, 1.807) is 49.6 Å². The molecule has 35 heavy (non-hydrogen) atoms. The van der Waals surface area contributed by atoms with Crippen molar-refractivity contribution in [1.82, 2.24) is 4.90 Å². The first-order chi connectivity index (χ1) is 17.0. The van der Waals surface area contributed by atoms with Gasteiger partial charge >= 0.3 is 0 Å². The van der Waals surface area contributed by atoms with E-state index >= 15 is 0 Å². The topological polar surface area (TPSA) is 71.1 Å². The Hall–Kier alpha value is -3.52. The highest BCUT2D eigenvalue weighted by atomic mass is 79.9. The number of nitrogens with one attached hydrogen (secondary N) is 1. The molecular formula is C27H28BrN3O4. The van der Waals surface area contributed by atoms with E-state index in [2.05, 4.69) is 26.1 Å². The van der Waals surface area contributed by atoms with Gasteiger partial charge in [0.15, 0.2) is 0 Å². The van der Waals surface area contributed by atoms with E-state index in [0.717, 1.165) is 34.7 Å². The summed E-state index contributed by atoms with van der Waals surface area (Å²) in [5, 5.41) is 2.93. The normalized spacial score (nSPS) is 13.3. The van der Waals surface area contributed by atoms with Crippen molar-refractivity contribution in [2.24, 2.45) is 0 Å². The molecule has 1 N–H and O–H groups in total. The van der Waals surface area contributed by atoms with Gasteiger partial charge in [-0.1, -0.05) is 0 Å². The lowest BCUT2D eigenvalue weighted by Gasteiger charge is -2.36. The largest absolute Gasteiger partial charge is 0.497 e. The monoisotopic (exact) mass is 537 g/mol. The Kier molecular flexibility index (Phi) is 7.92. The average Bonchev–Trinajstić information content (AvgIpc) is 2.90. The molecule has 3 aromatic rings. The summed E-state index contributed by atoms with van der Waals surface area (Å²) in [5.74, 6) is 1.29. The Morgan fingerprint density at radius 1 is 0.914 bits per heavy atom. The smallest absolute Gasteiger partial charge is 0.255 e. The van der Waals surface area contributed by atoms with Crippen LogP contribution in [0.5, 0.6) is 11.5 Å². The maximum absolute atomic E-state index is 12.8. The number of carbonyl (C=O) groups is 2. The van der Waals surface area contributed by atoms with Gasteiger partial charge in [0.2, 0.25) is 0 Å². The van der Waals surface area contributed by atoms with E-state index in [-0.39, 0.29) is 11.8 Å². The van der Waals surface area contributed by atoms with E-state index < -0.39 is 0 Å². The number of amides is 2. The lowest BCUT2D eigenvalue weighted by Crippen LogP contribution is -2.48. The maximum Gasteiger partial charge on any atom is 0.255 e. The van der Waals surface area contributed by atoms with Crippen LogP contribution in [0.3, 0.4) is 0 Å². The molecule has 3 aromatic carbocycles. The molecule has 182 valence electrons. The molecule has 1 heterocycles. The Bertz CT molecular complexity index is 1170. The Morgan fingerprint density at radius 3 is 2.17 bits per heavy atom. The molecule has 8 heteroatoms. The summed E-state index contributed by atoms with van der Waals surface area (Å²) in [6.07, 6.45) is 0. The molecule has 1 fully saturated rings. The third-order valence-electron chi connectivity index (χ3n) is 5.89. The SMILES string of the molecule is CCOc1ccc(C(=O)Nc2ccc(N3CCN(C(=O)c4ccc(OC)cc4)CC3)cc2)cc1Br. The van der Waals surface area contributed by atoms with Crippen LogP contribution < -0.4 is 19.7 Å². The zero-order chi connectivity index (χ0) is 24.8. The quantitative estimate of drug-likeness (QED) is 0.455. The molecule has 0 unspecified atom stereocenters. The highest BCUT2D eigenvalue weighted by Crippen LogP contribution is 2.27. The molecule has 0 radical (unpaired) electrons. The van der Waals surface area contributed by atoms with Crippen molar-refractivity contribution < 1.29 is 19.1 Å². The van der Waals surface area contributed by atoms with Crippen molar-refractivity contribution >= 4 is 39.1 Å². The van der Waals surface area contributed by atoms with E-state index in [4.69, 9.17) is 9.47 Å². The van der Waals surface area contributed by atoms with Crippen molar-refractivity contribution in [2.75, 3.05) is 50.1 Å². The van der Waals surface area contributed by atoms with Crippen LogP contribution >= 0.6 is 15.9 Å². The maximum atomic E-state index is 12.8. The van der Waals surface area contributed by atoms with Crippen molar-refractivity contribution in [3.05, 3.63) is 82.3 Å². The number of ether oxygens (including phenoxy) is 2. The molecule has 4 rings (SSSR count). The molecule has 0 aromatic heterocycles. The lowest BCUT2D eigenvalue weighted by molar-refractivity contribution is 0.0746. The fourth-order valence-electron chi connectivity index (χ4n) is 3.96. The number of piperazine rings is 1. The van der Waals surface area contributed by atoms with Gasteiger partial charge in [-0.15, -0.1) is 0 Å². The van der Waals surface area contributed by atoms with Crippen molar-refractivity contribution in [3.8, 4) is 11.5 Å². The molecule has 1 saturated heterocycles. The molecule has 2 amide bonds. The number of hydrogen-bond donors (Lipinski definition) is 1. The number of nitrogens with zero attached hydrogens (tertiary/aromatic N) is 2. The van der Waals surface area contributed by atoms with E-state index in [9.17, 15) is 9.59 Å². The molecule has 1 aliphatic heterocycles. The van der Waals surface area contributed by atoms with Crippen molar-refractivity contribution in [3.63, 3.8) is 0 Å². The van der Waals surface area contributed by atoms with Gasteiger partial charge in [0, 0.05) is 48.7 Å². The summed E-state index contributed by atoms with van der Waals surface area (Å²) in [6.45, 7) is 5.26. The molecule has 7 nitrogen and oxygen atoms in total. The van der Waals surface area contributed by atoms with E-state index in [1.807, 2.05) is 36.1 Å². The third kappa shape index (κ3) is 5.95. The van der Waals surface area contributed by atoms with Gasteiger partial charge in [-0.2, -0.15) is 0 Å². The van der Waals surface area contributed by atoms with Gasteiger partial charge in [-0.3, -0.25) is 9.59 Å². The van der Waals surface area contributed by atoms with E-state index in [1.165, 1.54) is 0 Å². The second-order valence-corrected chi connectivity index (χ2v) is 8.94. The predicted molar refractivity (Wildman–Crippen MR) is 141 cm³/mol. The minimum atomic E-state index is -0.188. The van der Waals surface area contributed by atoms with Crippen molar-refractivity contribution in [1.29, 1.82) is 0 Å². The first-order valence-electron chi connectivity index (χ1n) is 11.5. The summed E-state index contributed by atoms with van der Waals surface area (Å²) in [7, 11) is 1.61. The Balaban J connectivity index is 1.31. The number of halogens is 1.